The summed E-state index contributed by atoms with van der Waals surface area (Å²) >= 11 is 3.58. The van der Waals surface area contributed by atoms with E-state index in [9.17, 15) is 4.79 Å². The van der Waals surface area contributed by atoms with Crippen LogP contribution in [0.2, 0.25) is 0 Å². The molecule has 1 N–H and O–H groups in total. The van der Waals surface area contributed by atoms with Gasteiger partial charge in [0.05, 0.1) is 10.8 Å². The molecule has 0 saturated carbocycles. The maximum atomic E-state index is 10.9. The average Bonchev–Trinajstić information content (AvgIpc) is 3.14. The van der Waals surface area contributed by atoms with Gasteiger partial charge in [0.1, 0.15) is 5.01 Å². The van der Waals surface area contributed by atoms with Crippen LogP contribution in [0.5, 0.6) is 0 Å². The first-order valence-corrected chi connectivity index (χ1v) is 11.4. The highest BCUT2D eigenvalue weighted by Crippen LogP contribution is 2.34. The van der Waals surface area contributed by atoms with Gasteiger partial charge in [0.2, 0.25) is 0 Å². The van der Waals surface area contributed by atoms with Gasteiger partial charge in [0.25, 0.3) is 0 Å². The third-order valence-electron chi connectivity index (χ3n) is 4.91. The molecule has 0 bridgehead atoms. The maximum absolute atomic E-state index is 10.9. The first-order chi connectivity index (χ1) is 14.0. The van der Waals surface area contributed by atoms with Crippen molar-refractivity contribution < 1.29 is 9.90 Å². The van der Waals surface area contributed by atoms with E-state index >= 15 is 0 Å². The molecule has 4 rings (SSSR count). The molecule has 4 nitrogen and oxygen atoms in total. The van der Waals surface area contributed by atoms with E-state index in [-0.39, 0.29) is 5.92 Å². The molecule has 6 heteroatoms. The monoisotopic (exact) mass is 424 g/mol. The van der Waals surface area contributed by atoms with Gasteiger partial charge >= 0.3 is 5.97 Å². The molecule has 0 aliphatic carbocycles. The van der Waals surface area contributed by atoms with Crippen molar-refractivity contribution in [2.24, 2.45) is 5.92 Å². The minimum atomic E-state index is -0.690. The summed E-state index contributed by atoms with van der Waals surface area (Å²) in [6.07, 6.45) is 1.96. The average molecular weight is 425 g/mol. The zero-order chi connectivity index (χ0) is 20.4. The standard InChI is InChI=1S/C23H24N2O2S2/c1-15(2)28-20-5-3-4-18(10-20)21-11-24-22(29-21)17-8-6-16(7-9-17)12-25-13-19(14-25)23(26)27/h3-11,15,19H,12-14H2,1-2H3,(H,26,27). The van der Waals surface area contributed by atoms with Gasteiger partial charge < -0.3 is 5.11 Å². The van der Waals surface area contributed by atoms with E-state index in [2.05, 4.69) is 72.3 Å². The van der Waals surface area contributed by atoms with Gasteiger partial charge in [-0.3, -0.25) is 9.69 Å². The Balaban J connectivity index is 1.42. The van der Waals surface area contributed by atoms with Crippen LogP contribution in [0.4, 0.5) is 0 Å². The van der Waals surface area contributed by atoms with Crippen molar-refractivity contribution in [1.29, 1.82) is 0 Å². The SMILES string of the molecule is CC(C)Sc1cccc(-c2cnc(-c3ccc(CN4CC(C(=O)O)C4)cc3)s2)c1. The molecule has 150 valence electrons. The number of benzene rings is 2. The Labute approximate surface area is 179 Å². The number of aromatic nitrogens is 1. The number of aliphatic carboxylic acids is 1. The number of likely N-dealkylation sites (tertiary alicyclic amines) is 1. The molecule has 0 spiro atoms. The zero-order valence-corrected chi connectivity index (χ0v) is 18.2. The fourth-order valence-electron chi connectivity index (χ4n) is 3.40. The van der Waals surface area contributed by atoms with Crippen LogP contribution in [0.1, 0.15) is 19.4 Å². The lowest BCUT2D eigenvalue weighted by atomic mass is 9.99. The molecule has 1 aromatic heterocycles. The molecular formula is C23H24N2O2S2. The number of thiazole rings is 1. The van der Waals surface area contributed by atoms with E-state index in [1.165, 1.54) is 20.9 Å². The molecule has 0 unspecified atom stereocenters. The second kappa shape index (κ2) is 8.69. The number of carboxylic acid groups (broad SMARTS) is 1. The van der Waals surface area contributed by atoms with E-state index < -0.39 is 5.97 Å². The van der Waals surface area contributed by atoms with E-state index in [4.69, 9.17) is 5.11 Å². The highest BCUT2D eigenvalue weighted by molar-refractivity contribution is 7.99. The van der Waals surface area contributed by atoms with Gasteiger partial charge in [0.15, 0.2) is 0 Å². The Kier molecular flexibility index (Phi) is 6.04. The summed E-state index contributed by atoms with van der Waals surface area (Å²) in [7, 11) is 0. The lowest BCUT2D eigenvalue weighted by Crippen LogP contribution is -2.49. The molecule has 0 amide bonds. The lowest BCUT2D eigenvalue weighted by Gasteiger charge is -2.36. The van der Waals surface area contributed by atoms with Crippen molar-refractivity contribution in [3.63, 3.8) is 0 Å². The number of carbonyl (C=O) groups is 1. The van der Waals surface area contributed by atoms with Crippen molar-refractivity contribution in [3.05, 3.63) is 60.3 Å². The number of thioether (sulfide) groups is 1. The minimum absolute atomic E-state index is 0.208. The number of nitrogens with zero attached hydrogens (tertiary/aromatic N) is 2. The van der Waals surface area contributed by atoms with Crippen LogP contribution in [-0.2, 0) is 11.3 Å². The molecule has 2 aromatic carbocycles. The predicted molar refractivity (Wildman–Crippen MR) is 120 cm³/mol. The summed E-state index contributed by atoms with van der Waals surface area (Å²) in [6, 6.07) is 17.1. The second-order valence-electron chi connectivity index (χ2n) is 7.65. The van der Waals surface area contributed by atoms with Crippen LogP contribution in [0, 0.1) is 5.92 Å². The smallest absolute Gasteiger partial charge is 0.309 e. The Bertz CT molecular complexity index is 992. The van der Waals surface area contributed by atoms with E-state index in [1.54, 1.807) is 11.3 Å². The largest absolute Gasteiger partial charge is 0.481 e. The minimum Gasteiger partial charge on any atom is -0.481 e. The van der Waals surface area contributed by atoms with Crippen molar-refractivity contribution in [3.8, 4) is 21.0 Å². The molecule has 0 radical (unpaired) electrons. The van der Waals surface area contributed by atoms with Gasteiger partial charge in [0, 0.05) is 41.5 Å². The third kappa shape index (κ3) is 4.89. The molecule has 1 aliphatic rings. The van der Waals surface area contributed by atoms with Crippen molar-refractivity contribution in [1.82, 2.24) is 9.88 Å². The normalized spacial score (nSPS) is 14.9. The Hall–Kier alpha value is -2.15. The number of rotatable bonds is 7. The van der Waals surface area contributed by atoms with Gasteiger partial charge in [-0.15, -0.1) is 23.1 Å². The maximum Gasteiger partial charge on any atom is 0.309 e. The number of hydrogen-bond acceptors (Lipinski definition) is 5. The molecule has 0 atom stereocenters. The van der Waals surface area contributed by atoms with Crippen molar-refractivity contribution in [2.75, 3.05) is 13.1 Å². The van der Waals surface area contributed by atoms with Crippen molar-refractivity contribution >= 4 is 29.1 Å². The lowest BCUT2D eigenvalue weighted by molar-refractivity contribution is -0.147. The molecule has 1 aliphatic heterocycles. The van der Waals surface area contributed by atoms with Crippen LogP contribution in [0.25, 0.3) is 21.0 Å². The summed E-state index contributed by atoms with van der Waals surface area (Å²) < 4.78 is 0. The number of carboxylic acids is 1. The summed E-state index contributed by atoms with van der Waals surface area (Å²) in [6.45, 7) is 6.49. The molecule has 29 heavy (non-hydrogen) atoms. The molecule has 3 aromatic rings. The quantitative estimate of drug-likeness (QED) is 0.508. The molecule has 2 heterocycles. The summed E-state index contributed by atoms with van der Waals surface area (Å²) in [5, 5.41) is 10.6. The molecular weight excluding hydrogens is 400 g/mol. The summed E-state index contributed by atoms with van der Waals surface area (Å²) in [5.41, 5.74) is 3.53. The van der Waals surface area contributed by atoms with E-state index in [0.29, 0.717) is 18.3 Å². The first-order valence-electron chi connectivity index (χ1n) is 9.75. The fraction of sp³-hybridized carbons (Fsp3) is 0.304. The third-order valence-corrected chi connectivity index (χ3v) is 7.00. The Morgan fingerprint density at radius 1 is 1.21 bits per heavy atom. The van der Waals surface area contributed by atoms with E-state index in [0.717, 1.165) is 17.1 Å². The highest BCUT2D eigenvalue weighted by atomic mass is 32.2. The number of hydrogen-bond donors (Lipinski definition) is 1. The van der Waals surface area contributed by atoms with Crippen LogP contribution in [-0.4, -0.2) is 39.3 Å². The predicted octanol–water partition coefficient (Wildman–Crippen LogP) is 5.49. The highest BCUT2D eigenvalue weighted by Gasteiger charge is 2.32. The van der Waals surface area contributed by atoms with Crippen molar-refractivity contribution in [2.45, 2.75) is 30.5 Å². The summed E-state index contributed by atoms with van der Waals surface area (Å²) in [5.74, 6) is -0.898. The zero-order valence-electron chi connectivity index (χ0n) is 16.5. The van der Waals surface area contributed by atoms with Gasteiger partial charge in [-0.1, -0.05) is 50.2 Å². The van der Waals surface area contributed by atoms with Gasteiger partial charge in [-0.2, -0.15) is 0 Å². The Morgan fingerprint density at radius 2 is 1.97 bits per heavy atom. The van der Waals surface area contributed by atoms with Crippen LogP contribution >= 0.6 is 23.1 Å². The van der Waals surface area contributed by atoms with Crippen LogP contribution < -0.4 is 0 Å². The van der Waals surface area contributed by atoms with Crippen LogP contribution in [0.3, 0.4) is 0 Å². The molecule has 1 saturated heterocycles. The Morgan fingerprint density at radius 3 is 2.66 bits per heavy atom. The van der Waals surface area contributed by atoms with Gasteiger partial charge in [-0.05, 0) is 23.3 Å². The van der Waals surface area contributed by atoms with Gasteiger partial charge in [-0.25, -0.2) is 4.98 Å². The second-order valence-corrected chi connectivity index (χ2v) is 10.3. The first kappa shape index (κ1) is 20.1. The topological polar surface area (TPSA) is 53.4 Å². The van der Waals surface area contributed by atoms with Crippen LogP contribution in [0.15, 0.2) is 59.6 Å². The fourth-order valence-corrected chi connectivity index (χ4v) is 5.22. The van der Waals surface area contributed by atoms with E-state index in [1.807, 2.05) is 18.0 Å². The summed E-state index contributed by atoms with van der Waals surface area (Å²) in [4.78, 5) is 20.2. The molecule has 1 fully saturated rings.